The SMILES string of the molecule is CCOC(=O)c1nn(-c2ccccc2C)c(=O)cc1OS(=O)(=O)c1cc(C)c(C)cc1C. The minimum Gasteiger partial charge on any atom is -0.461 e. The van der Waals surface area contributed by atoms with Crippen LogP contribution < -0.4 is 9.74 Å². The minimum absolute atomic E-state index is 0.0342. The quantitative estimate of drug-likeness (QED) is 0.413. The topological polar surface area (TPSA) is 105 Å². The van der Waals surface area contributed by atoms with Crippen molar-refractivity contribution >= 4 is 16.1 Å². The molecule has 0 radical (unpaired) electrons. The van der Waals surface area contributed by atoms with Crippen molar-refractivity contribution in [3.05, 3.63) is 80.8 Å². The Kier molecular flexibility index (Phi) is 6.50. The zero-order valence-electron chi connectivity index (χ0n) is 18.5. The van der Waals surface area contributed by atoms with E-state index in [1.165, 1.54) is 6.07 Å². The number of hydrogen-bond donors (Lipinski definition) is 0. The molecule has 0 saturated heterocycles. The third-order valence-electron chi connectivity index (χ3n) is 4.97. The summed E-state index contributed by atoms with van der Waals surface area (Å²) >= 11 is 0. The Morgan fingerprint density at radius 3 is 2.28 bits per heavy atom. The second-order valence-corrected chi connectivity index (χ2v) is 8.87. The number of hydrogen-bond acceptors (Lipinski definition) is 7. The van der Waals surface area contributed by atoms with Crippen molar-refractivity contribution in [2.75, 3.05) is 6.61 Å². The van der Waals surface area contributed by atoms with Crippen LogP contribution in [0.2, 0.25) is 0 Å². The number of aryl methyl sites for hydroxylation is 4. The number of carbonyl (C=O) groups excluding carboxylic acids is 1. The number of nitrogens with zero attached hydrogens (tertiary/aromatic N) is 2. The normalized spacial score (nSPS) is 11.3. The van der Waals surface area contributed by atoms with Crippen LogP contribution in [-0.4, -0.2) is 30.8 Å². The van der Waals surface area contributed by atoms with E-state index in [1.807, 2.05) is 6.92 Å². The molecule has 3 aromatic rings. The average Bonchev–Trinajstić information content (AvgIpc) is 2.71. The molecule has 1 aromatic heterocycles. The third kappa shape index (κ3) is 4.57. The standard InChI is InChI=1S/C23H24N2O6S/c1-6-30-23(27)22-19(13-21(26)25(24-22)18-10-8-7-9-14(18)2)31-32(28,29)20-12-16(4)15(3)11-17(20)5/h7-13H,6H2,1-5H3. The van der Waals surface area contributed by atoms with E-state index in [1.54, 1.807) is 58.0 Å². The van der Waals surface area contributed by atoms with Gasteiger partial charge in [-0.1, -0.05) is 24.3 Å². The highest BCUT2D eigenvalue weighted by atomic mass is 32.2. The summed E-state index contributed by atoms with van der Waals surface area (Å²) in [5, 5.41) is 4.09. The molecule has 0 atom stereocenters. The number of ether oxygens (including phenoxy) is 1. The van der Waals surface area contributed by atoms with Crippen molar-refractivity contribution in [3.63, 3.8) is 0 Å². The van der Waals surface area contributed by atoms with Crippen LogP contribution in [0.1, 0.15) is 39.7 Å². The molecule has 0 bridgehead atoms. The number of benzene rings is 2. The maximum atomic E-state index is 13.0. The van der Waals surface area contributed by atoms with E-state index in [-0.39, 0.29) is 11.5 Å². The van der Waals surface area contributed by atoms with Gasteiger partial charge in [0.25, 0.3) is 5.56 Å². The van der Waals surface area contributed by atoms with Crippen LogP contribution >= 0.6 is 0 Å². The first-order valence-electron chi connectivity index (χ1n) is 9.95. The Morgan fingerprint density at radius 2 is 1.62 bits per heavy atom. The number of para-hydroxylation sites is 1. The Balaban J connectivity index is 2.17. The van der Waals surface area contributed by atoms with Gasteiger partial charge < -0.3 is 8.92 Å². The fraction of sp³-hybridized carbons (Fsp3) is 0.261. The Bertz CT molecular complexity index is 1360. The van der Waals surface area contributed by atoms with Gasteiger partial charge in [-0.3, -0.25) is 4.79 Å². The third-order valence-corrected chi connectivity index (χ3v) is 6.35. The molecule has 0 unspecified atom stereocenters. The summed E-state index contributed by atoms with van der Waals surface area (Å²) in [6.45, 7) is 8.71. The van der Waals surface area contributed by atoms with E-state index in [2.05, 4.69) is 5.10 Å². The summed E-state index contributed by atoms with van der Waals surface area (Å²) in [5.74, 6) is -1.40. The van der Waals surface area contributed by atoms with Crippen LogP contribution in [0.5, 0.6) is 5.75 Å². The Hall–Kier alpha value is -3.46. The molecule has 32 heavy (non-hydrogen) atoms. The van der Waals surface area contributed by atoms with Crippen molar-refractivity contribution in [2.45, 2.75) is 39.5 Å². The summed E-state index contributed by atoms with van der Waals surface area (Å²) in [7, 11) is -4.35. The molecule has 0 aliphatic carbocycles. The monoisotopic (exact) mass is 456 g/mol. The van der Waals surface area contributed by atoms with E-state index in [4.69, 9.17) is 8.92 Å². The summed E-state index contributed by atoms with van der Waals surface area (Å²) in [5.41, 5.74) is 2.28. The molecule has 9 heteroatoms. The lowest BCUT2D eigenvalue weighted by Gasteiger charge is -2.15. The van der Waals surface area contributed by atoms with Crippen molar-refractivity contribution in [1.29, 1.82) is 0 Å². The maximum absolute atomic E-state index is 13.0. The molecule has 1 heterocycles. The number of esters is 1. The smallest absolute Gasteiger partial charge is 0.362 e. The highest BCUT2D eigenvalue weighted by Crippen LogP contribution is 2.26. The molecular formula is C23H24N2O6S. The highest BCUT2D eigenvalue weighted by molar-refractivity contribution is 7.87. The van der Waals surface area contributed by atoms with Gasteiger partial charge in [0.15, 0.2) is 5.75 Å². The van der Waals surface area contributed by atoms with Gasteiger partial charge in [-0.25, -0.2) is 4.79 Å². The lowest BCUT2D eigenvalue weighted by atomic mass is 10.1. The molecule has 0 N–H and O–H groups in total. The Labute approximate surface area is 186 Å². The maximum Gasteiger partial charge on any atom is 0.362 e. The molecule has 0 fully saturated rings. The number of rotatable bonds is 6. The minimum atomic E-state index is -4.35. The fourth-order valence-electron chi connectivity index (χ4n) is 3.18. The molecule has 168 valence electrons. The number of carbonyl (C=O) groups is 1. The zero-order chi connectivity index (χ0) is 23.6. The second kappa shape index (κ2) is 8.96. The van der Waals surface area contributed by atoms with Crippen molar-refractivity contribution in [1.82, 2.24) is 9.78 Å². The van der Waals surface area contributed by atoms with Crippen LogP contribution in [0, 0.1) is 27.7 Å². The van der Waals surface area contributed by atoms with Gasteiger partial charge in [0.1, 0.15) is 4.90 Å². The summed E-state index contributed by atoms with van der Waals surface area (Å²) in [6.07, 6.45) is 0. The first kappa shape index (κ1) is 23.2. The molecule has 0 spiro atoms. The largest absolute Gasteiger partial charge is 0.461 e. The highest BCUT2D eigenvalue weighted by Gasteiger charge is 2.27. The van der Waals surface area contributed by atoms with Gasteiger partial charge in [-0.2, -0.15) is 18.2 Å². The van der Waals surface area contributed by atoms with Crippen LogP contribution in [0.3, 0.4) is 0 Å². The molecular weight excluding hydrogens is 432 g/mol. The van der Waals surface area contributed by atoms with Gasteiger partial charge in [0.2, 0.25) is 5.69 Å². The lowest BCUT2D eigenvalue weighted by molar-refractivity contribution is 0.0515. The van der Waals surface area contributed by atoms with Crippen LogP contribution in [0.15, 0.2) is 52.2 Å². The molecule has 8 nitrogen and oxygen atoms in total. The zero-order valence-corrected chi connectivity index (χ0v) is 19.3. The van der Waals surface area contributed by atoms with Gasteiger partial charge in [-0.15, -0.1) is 0 Å². The molecule has 0 saturated carbocycles. The van der Waals surface area contributed by atoms with E-state index in [0.29, 0.717) is 11.3 Å². The molecule has 0 amide bonds. The first-order valence-corrected chi connectivity index (χ1v) is 11.4. The summed E-state index contributed by atoms with van der Waals surface area (Å²) in [6, 6.07) is 11.1. The van der Waals surface area contributed by atoms with E-state index >= 15 is 0 Å². The van der Waals surface area contributed by atoms with E-state index in [0.717, 1.165) is 27.4 Å². The van der Waals surface area contributed by atoms with Gasteiger partial charge in [-0.05, 0) is 69.0 Å². The molecule has 0 aliphatic rings. The predicted octanol–water partition coefficient (Wildman–Crippen LogP) is 3.41. The van der Waals surface area contributed by atoms with Gasteiger partial charge in [0, 0.05) is 0 Å². The van der Waals surface area contributed by atoms with Crippen LogP contribution in [-0.2, 0) is 14.9 Å². The van der Waals surface area contributed by atoms with E-state index < -0.39 is 33.1 Å². The molecule has 3 rings (SSSR count). The molecule has 2 aromatic carbocycles. The van der Waals surface area contributed by atoms with Crippen LogP contribution in [0.25, 0.3) is 5.69 Å². The summed E-state index contributed by atoms with van der Waals surface area (Å²) in [4.78, 5) is 25.3. The van der Waals surface area contributed by atoms with Crippen molar-refractivity contribution < 1.29 is 22.1 Å². The summed E-state index contributed by atoms with van der Waals surface area (Å²) < 4.78 is 37.3. The Morgan fingerprint density at radius 1 is 0.969 bits per heavy atom. The van der Waals surface area contributed by atoms with Crippen LogP contribution in [0.4, 0.5) is 0 Å². The van der Waals surface area contributed by atoms with Gasteiger partial charge in [0.05, 0.1) is 18.4 Å². The fourth-order valence-corrected chi connectivity index (χ4v) is 4.41. The van der Waals surface area contributed by atoms with Crippen molar-refractivity contribution in [2.24, 2.45) is 0 Å². The predicted molar refractivity (Wildman–Crippen MR) is 119 cm³/mol. The second-order valence-electron chi connectivity index (χ2n) is 7.35. The van der Waals surface area contributed by atoms with E-state index in [9.17, 15) is 18.0 Å². The average molecular weight is 457 g/mol. The van der Waals surface area contributed by atoms with Gasteiger partial charge >= 0.3 is 16.1 Å². The molecule has 0 aliphatic heterocycles. The lowest BCUT2D eigenvalue weighted by Crippen LogP contribution is -2.26. The van der Waals surface area contributed by atoms with Crippen molar-refractivity contribution in [3.8, 4) is 11.4 Å². The number of aromatic nitrogens is 2. The first-order chi connectivity index (χ1) is 15.0.